The zero-order chi connectivity index (χ0) is 13.0. The molecule has 0 saturated carbocycles. The first-order chi connectivity index (χ1) is 8.66. The van der Waals surface area contributed by atoms with Gasteiger partial charge in [-0.05, 0) is 0 Å². The largest absolute Gasteiger partial charge is 0.349 e. The first kappa shape index (κ1) is 12.7. The highest BCUT2D eigenvalue weighted by molar-refractivity contribution is 7.14. The molecular weight excluding hydrogens is 246 g/mol. The van der Waals surface area contributed by atoms with Gasteiger partial charge in [-0.2, -0.15) is 0 Å². The molecule has 0 radical (unpaired) electrons. The van der Waals surface area contributed by atoms with E-state index in [4.69, 9.17) is 0 Å². The topological polar surface area (TPSA) is 54.9 Å². The number of benzene rings is 1. The van der Waals surface area contributed by atoms with Gasteiger partial charge in [-0.15, -0.1) is 10.2 Å². The fourth-order valence-corrected chi connectivity index (χ4v) is 2.17. The van der Waals surface area contributed by atoms with Crippen LogP contribution in [0.5, 0.6) is 0 Å². The number of carbonyl (C=O) groups excluding carboxylic acids is 1. The zero-order valence-electron chi connectivity index (χ0n) is 10.4. The van der Waals surface area contributed by atoms with Crippen molar-refractivity contribution in [1.29, 1.82) is 0 Å². The molecule has 1 N–H and O–H groups in total. The first-order valence-corrected chi connectivity index (χ1v) is 6.64. The molecule has 0 fully saturated rings. The van der Waals surface area contributed by atoms with Gasteiger partial charge in [0.2, 0.25) is 5.91 Å². The second-order valence-electron chi connectivity index (χ2n) is 4.24. The fraction of sp³-hybridized carbons (Fsp3) is 0.308. The Hall–Kier alpha value is -1.75. The van der Waals surface area contributed by atoms with Crippen LogP contribution in [0.25, 0.3) is 10.6 Å². The van der Waals surface area contributed by atoms with E-state index >= 15 is 0 Å². The lowest BCUT2D eigenvalue weighted by Crippen LogP contribution is -2.26. The van der Waals surface area contributed by atoms with Crippen molar-refractivity contribution in [2.75, 3.05) is 0 Å². The molecule has 0 aliphatic carbocycles. The molecule has 1 heterocycles. The van der Waals surface area contributed by atoms with Gasteiger partial charge in [-0.3, -0.25) is 4.79 Å². The highest BCUT2D eigenvalue weighted by atomic mass is 32.1. The summed E-state index contributed by atoms with van der Waals surface area (Å²) in [6, 6.07) is 9.90. The van der Waals surface area contributed by atoms with Crippen molar-refractivity contribution in [3.05, 3.63) is 35.3 Å². The molecule has 1 aromatic heterocycles. The molecule has 4 nitrogen and oxygen atoms in total. The van der Waals surface area contributed by atoms with Gasteiger partial charge in [0.15, 0.2) is 0 Å². The molecule has 0 saturated heterocycles. The maximum atomic E-state index is 11.4. The van der Waals surface area contributed by atoms with E-state index in [0.29, 0.717) is 6.54 Å². The lowest BCUT2D eigenvalue weighted by molar-refractivity contribution is -0.124. The van der Waals surface area contributed by atoms with Crippen LogP contribution in [-0.2, 0) is 11.3 Å². The van der Waals surface area contributed by atoms with Gasteiger partial charge < -0.3 is 5.32 Å². The molecule has 1 aromatic carbocycles. The van der Waals surface area contributed by atoms with Gasteiger partial charge >= 0.3 is 0 Å². The van der Waals surface area contributed by atoms with Crippen molar-refractivity contribution in [2.45, 2.75) is 20.4 Å². The van der Waals surface area contributed by atoms with Crippen LogP contribution in [0, 0.1) is 5.92 Å². The number of hydrogen-bond acceptors (Lipinski definition) is 4. The van der Waals surface area contributed by atoms with Crippen LogP contribution in [0.3, 0.4) is 0 Å². The minimum Gasteiger partial charge on any atom is -0.349 e. The summed E-state index contributed by atoms with van der Waals surface area (Å²) < 4.78 is 0. The number of nitrogens with one attached hydrogen (secondary N) is 1. The summed E-state index contributed by atoms with van der Waals surface area (Å²) in [5.41, 5.74) is 1.05. The van der Waals surface area contributed by atoms with Gasteiger partial charge in [0.1, 0.15) is 10.0 Å². The van der Waals surface area contributed by atoms with Crippen molar-refractivity contribution >= 4 is 17.2 Å². The lowest BCUT2D eigenvalue weighted by Gasteiger charge is -2.04. The normalized spacial score (nSPS) is 10.6. The van der Waals surface area contributed by atoms with Gasteiger partial charge in [-0.1, -0.05) is 55.5 Å². The van der Waals surface area contributed by atoms with Crippen LogP contribution in [0.15, 0.2) is 30.3 Å². The molecular formula is C13H15N3OS. The molecule has 2 rings (SSSR count). The third-order valence-corrected chi connectivity index (χ3v) is 3.40. The molecule has 2 aromatic rings. The molecule has 5 heteroatoms. The van der Waals surface area contributed by atoms with E-state index in [1.54, 1.807) is 0 Å². The Morgan fingerprint density at radius 3 is 2.67 bits per heavy atom. The standard InChI is InChI=1S/C13H15N3OS/c1-9(2)12(17)14-8-11-15-16-13(18-11)10-6-4-3-5-7-10/h3-7,9H,8H2,1-2H3,(H,14,17). The Morgan fingerprint density at radius 1 is 1.28 bits per heavy atom. The Labute approximate surface area is 110 Å². The van der Waals surface area contributed by atoms with E-state index in [1.165, 1.54) is 11.3 Å². The van der Waals surface area contributed by atoms with Crippen LogP contribution in [-0.4, -0.2) is 16.1 Å². The Balaban J connectivity index is 2.01. The number of carbonyl (C=O) groups is 1. The molecule has 0 spiro atoms. The third-order valence-electron chi connectivity index (χ3n) is 2.43. The van der Waals surface area contributed by atoms with Gasteiger partial charge in [0.25, 0.3) is 0 Å². The molecule has 18 heavy (non-hydrogen) atoms. The average molecular weight is 261 g/mol. The summed E-state index contributed by atoms with van der Waals surface area (Å²) in [5, 5.41) is 12.7. The predicted molar refractivity (Wildman–Crippen MR) is 72.0 cm³/mol. The van der Waals surface area contributed by atoms with E-state index < -0.39 is 0 Å². The first-order valence-electron chi connectivity index (χ1n) is 5.82. The van der Waals surface area contributed by atoms with E-state index in [0.717, 1.165) is 15.6 Å². The van der Waals surface area contributed by atoms with Crippen molar-refractivity contribution < 1.29 is 4.79 Å². The van der Waals surface area contributed by atoms with E-state index in [2.05, 4.69) is 15.5 Å². The third kappa shape index (κ3) is 3.13. The van der Waals surface area contributed by atoms with Gasteiger partial charge in [-0.25, -0.2) is 0 Å². The smallest absolute Gasteiger partial charge is 0.222 e. The van der Waals surface area contributed by atoms with Crippen LogP contribution in [0.4, 0.5) is 0 Å². The molecule has 94 valence electrons. The summed E-state index contributed by atoms with van der Waals surface area (Å²) >= 11 is 1.50. The summed E-state index contributed by atoms with van der Waals surface area (Å²) in [4.78, 5) is 11.4. The quantitative estimate of drug-likeness (QED) is 0.920. The highest BCUT2D eigenvalue weighted by Crippen LogP contribution is 2.22. The predicted octanol–water partition coefficient (Wildman–Crippen LogP) is 2.48. The van der Waals surface area contributed by atoms with E-state index in [-0.39, 0.29) is 11.8 Å². The molecule has 0 bridgehead atoms. The van der Waals surface area contributed by atoms with Crippen molar-refractivity contribution in [3.8, 4) is 10.6 Å². The Kier molecular flexibility index (Phi) is 4.04. The maximum absolute atomic E-state index is 11.4. The fourth-order valence-electron chi connectivity index (χ4n) is 1.39. The molecule has 0 aliphatic rings. The van der Waals surface area contributed by atoms with Gasteiger partial charge in [0.05, 0.1) is 6.54 Å². The number of nitrogens with zero attached hydrogens (tertiary/aromatic N) is 2. The molecule has 1 amide bonds. The minimum atomic E-state index is -0.00786. The monoisotopic (exact) mass is 261 g/mol. The molecule has 0 atom stereocenters. The van der Waals surface area contributed by atoms with Crippen LogP contribution in [0.2, 0.25) is 0 Å². The number of aromatic nitrogens is 2. The number of hydrogen-bond donors (Lipinski definition) is 1. The van der Waals surface area contributed by atoms with E-state index in [1.807, 2.05) is 44.2 Å². The van der Waals surface area contributed by atoms with Crippen LogP contribution >= 0.6 is 11.3 Å². The zero-order valence-corrected chi connectivity index (χ0v) is 11.2. The Bertz CT molecular complexity index is 522. The van der Waals surface area contributed by atoms with Crippen molar-refractivity contribution in [3.63, 3.8) is 0 Å². The van der Waals surface area contributed by atoms with Crippen LogP contribution < -0.4 is 5.32 Å². The molecule has 0 unspecified atom stereocenters. The van der Waals surface area contributed by atoms with E-state index in [9.17, 15) is 4.79 Å². The minimum absolute atomic E-state index is 0.00786. The summed E-state index contributed by atoms with van der Waals surface area (Å²) in [6.07, 6.45) is 0. The number of amides is 1. The molecule has 0 aliphatic heterocycles. The average Bonchev–Trinajstić information content (AvgIpc) is 2.85. The second kappa shape index (κ2) is 5.73. The van der Waals surface area contributed by atoms with Crippen molar-refractivity contribution in [1.82, 2.24) is 15.5 Å². The summed E-state index contributed by atoms with van der Waals surface area (Å²) in [6.45, 7) is 4.18. The van der Waals surface area contributed by atoms with Crippen molar-refractivity contribution in [2.24, 2.45) is 5.92 Å². The summed E-state index contributed by atoms with van der Waals surface area (Å²) in [7, 11) is 0. The maximum Gasteiger partial charge on any atom is 0.222 e. The number of rotatable bonds is 4. The lowest BCUT2D eigenvalue weighted by atomic mass is 10.2. The second-order valence-corrected chi connectivity index (χ2v) is 5.30. The highest BCUT2D eigenvalue weighted by Gasteiger charge is 2.09. The Morgan fingerprint density at radius 2 is 2.00 bits per heavy atom. The van der Waals surface area contributed by atoms with Gasteiger partial charge in [0, 0.05) is 11.5 Å². The SMILES string of the molecule is CC(C)C(=O)NCc1nnc(-c2ccccc2)s1. The van der Waals surface area contributed by atoms with Crippen LogP contribution in [0.1, 0.15) is 18.9 Å². The summed E-state index contributed by atoms with van der Waals surface area (Å²) in [5.74, 6) is 0.0259.